The third kappa shape index (κ3) is 2.77. The molecule has 2 rings (SSSR count). The topological polar surface area (TPSA) is 25.2 Å². The number of rotatable bonds is 5. The Bertz CT molecular complexity index is 448. The monoisotopic (exact) mass is 229 g/mol. The SMILES string of the molecule is CCCNC(C)c1ccccc1-c1ccco1. The summed E-state index contributed by atoms with van der Waals surface area (Å²) < 4.78 is 5.49. The summed E-state index contributed by atoms with van der Waals surface area (Å²) in [4.78, 5) is 0. The van der Waals surface area contributed by atoms with E-state index < -0.39 is 0 Å². The van der Waals surface area contributed by atoms with Crippen LogP contribution in [0.4, 0.5) is 0 Å². The highest BCUT2D eigenvalue weighted by atomic mass is 16.3. The molecule has 0 aliphatic heterocycles. The van der Waals surface area contributed by atoms with Gasteiger partial charge in [-0.05, 0) is 37.6 Å². The summed E-state index contributed by atoms with van der Waals surface area (Å²) in [6.07, 6.45) is 2.86. The van der Waals surface area contributed by atoms with Crippen LogP contribution in [0.1, 0.15) is 31.9 Å². The first-order valence-electron chi connectivity index (χ1n) is 6.19. The third-order valence-corrected chi connectivity index (χ3v) is 2.91. The van der Waals surface area contributed by atoms with Crippen molar-refractivity contribution >= 4 is 0 Å². The molecule has 1 aromatic heterocycles. The van der Waals surface area contributed by atoms with Crippen molar-refractivity contribution in [3.05, 3.63) is 48.2 Å². The van der Waals surface area contributed by atoms with Crippen LogP contribution >= 0.6 is 0 Å². The summed E-state index contributed by atoms with van der Waals surface area (Å²) in [7, 11) is 0. The van der Waals surface area contributed by atoms with E-state index in [1.54, 1.807) is 6.26 Å². The molecule has 1 heterocycles. The molecule has 0 amide bonds. The van der Waals surface area contributed by atoms with Crippen molar-refractivity contribution in [2.45, 2.75) is 26.3 Å². The average molecular weight is 229 g/mol. The molecule has 0 saturated carbocycles. The van der Waals surface area contributed by atoms with E-state index in [1.165, 1.54) is 11.1 Å². The Morgan fingerprint density at radius 2 is 2.00 bits per heavy atom. The van der Waals surface area contributed by atoms with Gasteiger partial charge in [-0.15, -0.1) is 0 Å². The minimum atomic E-state index is 0.344. The first-order valence-corrected chi connectivity index (χ1v) is 6.19. The van der Waals surface area contributed by atoms with E-state index in [4.69, 9.17) is 4.42 Å². The van der Waals surface area contributed by atoms with Gasteiger partial charge in [-0.2, -0.15) is 0 Å². The van der Waals surface area contributed by atoms with Crippen LogP contribution in [-0.4, -0.2) is 6.54 Å². The zero-order valence-corrected chi connectivity index (χ0v) is 10.4. The van der Waals surface area contributed by atoms with Crippen molar-refractivity contribution in [1.29, 1.82) is 0 Å². The maximum absolute atomic E-state index is 5.49. The molecule has 0 aliphatic carbocycles. The van der Waals surface area contributed by atoms with Crippen LogP contribution in [0.2, 0.25) is 0 Å². The van der Waals surface area contributed by atoms with Gasteiger partial charge in [-0.25, -0.2) is 0 Å². The van der Waals surface area contributed by atoms with Crippen molar-refractivity contribution in [2.75, 3.05) is 6.54 Å². The van der Waals surface area contributed by atoms with Gasteiger partial charge in [-0.1, -0.05) is 31.2 Å². The van der Waals surface area contributed by atoms with Gasteiger partial charge in [0, 0.05) is 11.6 Å². The fourth-order valence-corrected chi connectivity index (χ4v) is 2.00. The second-order valence-electron chi connectivity index (χ2n) is 4.24. The molecule has 1 atom stereocenters. The molecule has 0 spiro atoms. The van der Waals surface area contributed by atoms with Gasteiger partial charge in [0.1, 0.15) is 5.76 Å². The number of nitrogens with one attached hydrogen (secondary N) is 1. The van der Waals surface area contributed by atoms with E-state index >= 15 is 0 Å². The largest absolute Gasteiger partial charge is 0.464 e. The molecule has 1 N–H and O–H groups in total. The molecular formula is C15H19NO. The fourth-order valence-electron chi connectivity index (χ4n) is 2.00. The van der Waals surface area contributed by atoms with E-state index in [0.29, 0.717) is 6.04 Å². The second kappa shape index (κ2) is 5.69. The minimum absolute atomic E-state index is 0.344. The predicted molar refractivity (Wildman–Crippen MR) is 70.9 cm³/mol. The van der Waals surface area contributed by atoms with Gasteiger partial charge in [0.25, 0.3) is 0 Å². The fraction of sp³-hybridized carbons (Fsp3) is 0.333. The number of benzene rings is 1. The van der Waals surface area contributed by atoms with Gasteiger partial charge >= 0.3 is 0 Å². The van der Waals surface area contributed by atoms with Crippen molar-refractivity contribution < 1.29 is 4.42 Å². The lowest BCUT2D eigenvalue weighted by atomic mass is 9.99. The summed E-state index contributed by atoms with van der Waals surface area (Å²) in [5.74, 6) is 0.936. The van der Waals surface area contributed by atoms with Gasteiger partial charge in [-0.3, -0.25) is 0 Å². The highest BCUT2D eigenvalue weighted by Crippen LogP contribution is 2.28. The van der Waals surface area contributed by atoms with Crippen LogP contribution < -0.4 is 5.32 Å². The lowest BCUT2D eigenvalue weighted by Gasteiger charge is -2.16. The first-order chi connectivity index (χ1) is 8.33. The highest BCUT2D eigenvalue weighted by molar-refractivity contribution is 5.62. The Hall–Kier alpha value is -1.54. The molecule has 0 radical (unpaired) electrons. The molecule has 1 aromatic carbocycles. The van der Waals surface area contributed by atoms with E-state index in [1.807, 2.05) is 18.2 Å². The number of furan rings is 1. The molecule has 2 nitrogen and oxygen atoms in total. The summed E-state index contributed by atoms with van der Waals surface area (Å²) in [5, 5.41) is 3.51. The molecule has 17 heavy (non-hydrogen) atoms. The normalized spacial score (nSPS) is 12.6. The van der Waals surface area contributed by atoms with Crippen LogP contribution in [0, 0.1) is 0 Å². The van der Waals surface area contributed by atoms with Gasteiger partial charge < -0.3 is 9.73 Å². The van der Waals surface area contributed by atoms with Crippen LogP contribution in [0.15, 0.2) is 47.1 Å². The Kier molecular flexibility index (Phi) is 3.99. The maximum Gasteiger partial charge on any atom is 0.134 e. The summed E-state index contributed by atoms with van der Waals surface area (Å²) in [6, 6.07) is 12.7. The van der Waals surface area contributed by atoms with E-state index in [2.05, 4.69) is 37.4 Å². The lowest BCUT2D eigenvalue weighted by Crippen LogP contribution is -2.19. The Labute approximate surface area is 103 Å². The minimum Gasteiger partial charge on any atom is -0.464 e. The van der Waals surface area contributed by atoms with Crippen molar-refractivity contribution in [1.82, 2.24) is 5.32 Å². The summed E-state index contributed by atoms with van der Waals surface area (Å²) >= 11 is 0. The molecule has 2 heteroatoms. The summed E-state index contributed by atoms with van der Waals surface area (Å²) in [5.41, 5.74) is 2.46. The van der Waals surface area contributed by atoms with E-state index in [0.717, 1.165) is 18.7 Å². The number of hydrogen-bond acceptors (Lipinski definition) is 2. The van der Waals surface area contributed by atoms with Gasteiger partial charge in [0.2, 0.25) is 0 Å². The van der Waals surface area contributed by atoms with Crippen LogP contribution in [0.25, 0.3) is 11.3 Å². The molecule has 0 saturated heterocycles. The Morgan fingerprint density at radius 3 is 2.71 bits per heavy atom. The molecule has 2 aromatic rings. The zero-order chi connectivity index (χ0) is 12.1. The Morgan fingerprint density at radius 1 is 1.18 bits per heavy atom. The quantitative estimate of drug-likeness (QED) is 0.838. The molecule has 1 unspecified atom stereocenters. The lowest BCUT2D eigenvalue weighted by molar-refractivity contribution is 0.561. The summed E-state index contributed by atoms with van der Waals surface area (Å²) in [6.45, 7) is 5.41. The van der Waals surface area contributed by atoms with Crippen molar-refractivity contribution in [2.24, 2.45) is 0 Å². The van der Waals surface area contributed by atoms with Crippen molar-refractivity contribution in [3.8, 4) is 11.3 Å². The Balaban J connectivity index is 2.28. The third-order valence-electron chi connectivity index (χ3n) is 2.91. The molecule has 0 bridgehead atoms. The second-order valence-corrected chi connectivity index (χ2v) is 4.24. The molecule has 90 valence electrons. The zero-order valence-electron chi connectivity index (χ0n) is 10.4. The predicted octanol–water partition coefficient (Wildman–Crippen LogP) is 4.01. The smallest absolute Gasteiger partial charge is 0.134 e. The van der Waals surface area contributed by atoms with Crippen LogP contribution in [0.5, 0.6) is 0 Å². The van der Waals surface area contributed by atoms with Crippen LogP contribution in [0.3, 0.4) is 0 Å². The van der Waals surface area contributed by atoms with Gasteiger partial charge in [0.05, 0.1) is 6.26 Å². The van der Waals surface area contributed by atoms with Crippen LogP contribution in [-0.2, 0) is 0 Å². The first kappa shape index (κ1) is 11.9. The average Bonchev–Trinajstić information content (AvgIpc) is 2.89. The van der Waals surface area contributed by atoms with Gasteiger partial charge in [0.15, 0.2) is 0 Å². The standard InChI is InChI=1S/C15H19NO/c1-3-10-16-12(2)13-7-4-5-8-14(13)15-9-6-11-17-15/h4-9,11-12,16H,3,10H2,1-2H3. The van der Waals surface area contributed by atoms with Crippen molar-refractivity contribution in [3.63, 3.8) is 0 Å². The number of hydrogen-bond donors (Lipinski definition) is 1. The maximum atomic E-state index is 5.49. The molecular weight excluding hydrogens is 210 g/mol. The van der Waals surface area contributed by atoms with E-state index in [9.17, 15) is 0 Å². The highest BCUT2D eigenvalue weighted by Gasteiger charge is 2.12. The van der Waals surface area contributed by atoms with E-state index in [-0.39, 0.29) is 0 Å². The molecule has 0 aliphatic rings. The molecule has 0 fully saturated rings.